The molecule has 0 nitrogen and oxygen atoms in total. The summed E-state index contributed by atoms with van der Waals surface area (Å²) in [6.45, 7) is 0. The third kappa shape index (κ3) is 2.22. The van der Waals surface area contributed by atoms with Crippen molar-refractivity contribution in [2.45, 2.75) is 32.1 Å². The summed E-state index contributed by atoms with van der Waals surface area (Å²) in [7, 11) is 0. The van der Waals surface area contributed by atoms with Gasteiger partial charge in [-0.15, -0.1) is 0 Å². The second kappa shape index (κ2) is 4.48. The topological polar surface area (TPSA) is 0 Å². The van der Waals surface area contributed by atoms with Gasteiger partial charge in [0.2, 0.25) is 0 Å². The van der Waals surface area contributed by atoms with Gasteiger partial charge < -0.3 is 0 Å². The van der Waals surface area contributed by atoms with Crippen LogP contribution >= 0.6 is 45.2 Å². The molecule has 1 aliphatic rings. The molecule has 0 saturated heterocycles. The van der Waals surface area contributed by atoms with Gasteiger partial charge >= 0.3 is 0 Å². The van der Waals surface area contributed by atoms with E-state index in [4.69, 9.17) is 0 Å². The molecule has 0 spiro atoms. The van der Waals surface area contributed by atoms with Gasteiger partial charge in [0, 0.05) is 8.86 Å². The molecule has 1 rings (SSSR count). The Morgan fingerprint density at radius 3 is 2.10 bits per heavy atom. The molecule has 1 aliphatic carbocycles. The van der Waals surface area contributed by atoms with Crippen molar-refractivity contribution in [3.8, 4) is 0 Å². The van der Waals surface area contributed by atoms with Crippen LogP contribution < -0.4 is 0 Å². The van der Waals surface area contributed by atoms with Crippen LogP contribution in [0.1, 0.15) is 32.1 Å². The van der Waals surface area contributed by atoms with Gasteiger partial charge in [0.25, 0.3) is 0 Å². The van der Waals surface area contributed by atoms with Crippen molar-refractivity contribution in [3.63, 3.8) is 0 Å². The first-order chi connectivity index (χ1) is 4.83. The molecule has 1 fully saturated rings. The molecule has 60 valence electrons. The molecule has 0 amide bonds. The Morgan fingerprint density at radius 1 is 1.10 bits per heavy atom. The highest BCUT2D eigenvalue weighted by Gasteiger charge is 2.31. The molecule has 0 N–H and O–H groups in total. The summed E-state index contributed by atoms with van der Waals surface area (Å²) >= 11 is 5.07. The minimum Gasteiger partial charge on any atom is -0.0864 e. The van der Waals surface area contributed by atoms with Crippen molar-refractivity contribution < 1.29 is 0 Å². The molecule has 0 unspecified atom stereocenters. The van der Waals surface area contributed by atoms with Crippen LogP contribution in [0.5, 0.6) is 0 Å². The molecule has 0 heterocycles. The van der Waals surface area contributed by atoms with Crippen molar-refractivity contribution in [1.29, 1.82) is 0 Å². The second-order valence-corrected chi connectivity index (χ2v) is 5.12. The number of rotatable bonds is 3. The molecular formula is C8H14I2. The van der Waals surface area contributed by atoms with Crippen molar-refractivity contribution in [3.05, 3.63) is 0 Å². The Hall–Kier alpha value is 1.46. The minimum absolute atomic E-state index is 0.766. The summed E-state index contributed by atoms with van der Waals surface area (Å²) in [5, 5.41) is 0. The average molecular weight is 364 g/mol. The second-order valence-electron chi connectivity index (χ2n) is 3.28. The maximum atomic E-state index is 2.56. The van der Waals surface area contributed by atoms with Gasteiger partial charge in [-0.25, -0.2) is 0 Å². The highest BCUT2D eigenvalue weighted by Crippen LogP contribution is 2.42. The van der Waals surface area contributed by atoms with Crippen LogP contribution in [0.4, 0.5) is 0 Å². The molecular weight excluding hydrogens is 350 g/mol. The fraction of sp³-hybridized carbons (Fsp3) is 1.00. The van der Waals surface area contributed by atoms with Crippen molar-refractivity contribution in [2.24, 2.45) is 5.41 Å². The molecule has 10 heavy (non-hydrogen) atoms. The first-order valence-corrected chi connectivity index (χ1v) is 7.00. The van der Waals surface area contributed by atoms with E-state index in [-0.39, 0.29) is 0 Å². The summed E-state index contributed by atoms with van der Waals surface area (Å²) in [4.78, 5) is 0. The van der Waals surface area contributed by atoms with E-state index in [1.165, 1.54) is 41.0 Å². The molecule has 2 heteroatoms. The lowest BCUT2D eigenvalue weighted by molar-refractivity contribution is 0.344. The van der Waals surface area contributed by atoms with Gasteiger partial charge in [-0.1, -0.05) is 58.0 Å². The molecule has 0 aromatic rings. The van der Waals surface area contributed by atoms with Crippen molar-refractivity contribution in [1.82, 2.24) is 0 Å². The molecule has 0 aliphatic heterocycles. The third-order valence-electron chi connectivity index (χ3n) is 2.57. The Balaban J connectivity index is 2.41. The Morgan fingerprint density at radius 2 is 1.70 bits per heavy atom. The molecule has 0 radical (unpaired) electrons. The Kier molecular flexibility index (Phi) is 4.27. The Bertz CT molecular complexity index is 95.4. The van der Waals surface area contributed by atoms with E-state index in [2.05, 4.69) is 45.2 Å². The largest absolute Gasteiger partial charge is 0.0864 e. The fourth-order valence-electron chi connectivity index (χ4n) is 1.78. The van der Waals surface area contributed by atoms with Gasteiger partial charge in [0.15, 0.2) is 0 Å². The minimum atomic E-state index is 0.766. The van der Waals surface area contributed by atoms with Gasteiger partial charge in [-0.05, 0) is 24.7 Å². The monoisotopic (exact) mass is 364 g/mol. The van der Waals surface area contributed by atoms with Gasteiger partial charge in [-0.2, -0.15) is 0 Å². The predicted molar refractivity (Wildman–Crippen MR) is 63.3 cm³/mol. The quantitative estimate of drug-likeness (QED) is 0.528. The number of hydrogen-bond acceptors (Lipinski definition) is 0. The van der Waals surface area contributed by atoms with E-state index in [1.54, 1.807) is 0 Å². The van der Waals surface area contributed by atoms with Crippen LogP contribution in [0.2, 0.25) is 0 Å². The summed E-state index contributed by atoms with van der Waals surface area (Å²) in [5.41, 5.74) is 0.766. The van der Waals surface area contributed by atoms with Crippen LogP contribution in [0.15, 0.2) is 0 Å². The van der Waals surface area contributed by atoms with Gasteiger partial charge in [0.1, 0.15) is 0 Å². The zero-order valence-corrected chi connectivity index (χ0v) is 10.5. The van der Waals surface area contributed by atoms with E-state index in [0.29, 0.717) is 0 Å². The lowest BCUT2D eigenvalue weighted by Crippen LogP contribution is -2.18. The first-order valence-electron chi connectivity index (χ1n) is 3.95. The highest BCUT2D eigenvalue weighted by molar-refractivity contribution is 14.1. The van der Waals surface area contributed by atoms with Gasteiger partial charge in [0.05, 0.1) is 0 Å². The molecule has 0 atom stereocenters. The zero-order valence-electron chi connectivity index (χ0n) is 6.21. The summed E-state index contributed by atoms with van der Waals surface area (Å²) in [6, 6.07) is 0. The number of halogens is 2. The number of hydrogen-bond donors (Lipinski definition) is 0. The van der Waals surface area contributed by atoms with Crippen LogP contribution in [0.25, 0.3) is 0 Å². The SMILES string of the molecule is ICCC1(CI)CCCC1. The van der Waals surface area contributed by atoms with Crippen molar-refractivity contribution in [2.75, 3.05) is 8.86 Å². The lowest BCUT2D eigenvalue weighted by atomic mass is 9.86. The average Bonchev–Trinajstić information content (AvgIpc) is 2.39. The van der Waals surface area contributed by atoms with Crippen LogP contribution in [0, 0.1) is 5.41 Å². The normalized spacial score (nSPS) is 23.4. The van der Waals surface area contributed by atoms with Gasteiger partial charge in [-0.3, -0.25) is 0 Å². The Labute approximate surface area is 90.8 Å². The first kappa shape index (κ1) is 9.55. The van der Waals surface area contributed by atoms with E-state index in [9.17, 15) is 0 Å². The number of alkyl halides is 2. The van der Waals surface area contributed by atoms with Crippen LogP contribution in [0.3, 0.4) is 0 Å². The van der Waals surface area contributed by atoms with E-state index in [1.807, 2.05) is 0 Å². The van der Waals surface area contributed by atoms with Crippen LogP contribution in [-0.4, -0.2) is 8.86 Å². The standard InChI is InChI=1S/C8H14I2/c9-6-5-8(7-10)3-1-2-4-8/h1-7H2. The fourth-order valence-corrected chi connectivity index (χ4v) is 4.06. The zero-order chi connectivity index (χ0) is 7.45. The smallest absolute Gasteiger partial charge is 0.00522 e. The highest BCUT2D eigenvalue weighted by atomic mass is 127. The van der Waals surface area contributed by atoms with E-state index >= 15 is 0 Å². The maximum Gasteiger partial charge on any atom is 0.00522 e. The predicted octanol–water partition coefficient (Wildman–Crippen LogP) is 3.81. The van der Waals surface area contributed by atoms with Crippen LogP contribution in [-0.2, 0) is 0 Å². The molecule has 0 aromatic carbocycles. The van der Waals surface area contributed by atoms with Crippen molar-refractivity contribution >= 4 is 45.2 Å². The summed E-state index contributed by atoms with van der Waals surface area (Å²) < 4.78 is 2.73. The van der Waals surface area contributed by atoms with E-state index < -0.39 is 0 Å². The third-order valence-corrected chi connectivity index (χ3v) is 4.73. The lowest BCUT2D eigenvalue weighted by Gasteiger charge is -2.24. The summed E-state index contributed by atoms with van der Waals surface area (Å²) in [5.74, 6) is 0. The van der Waals surface area contributed by atoms with E-state index in [0.717, 1.165) is 5.41 Å². The summed E-state index contributed by atoms with van der Waals surface area (Å²) in [6.07, 6.45) is 7.42. The molecule has 0 aromatic heterocycles. The molecule has 1 saturated carbocycles. The molecule has 0 bridgehead atoms. The maximum absolute atomic E-state index is 2.56.